The van der Waals surface area contributed by atoms with Gasteiger partial charge in [-0.25, -0.2) is 0 Å². The zero-order valence-electron chi connectivity index (χ0n) is 14.3. The van der Waals surface area contributed by atoms with Crippen LogP contribution in [0, 0.1) is 24.7 Å². The van der Waals surface area contributed by atoms with Crippen LogP contribution in [0.4, 0.5) is 0 Å². The first-order valence-electron chi connectivity index (χ1n) is 8.46. The molecule has 0 spiro atoms. The molecule has 3 rings (SSSR count). The van der Waals surface area contributed by atoms with Crippen LogP contribution >= 0.6 is 0 Å². The van der Waals surface area contributed by atoms with Gasteiger partial charge < -0.3 is 14.7 Å². The molecular weight excluding hydrogens is 274 g/mol. The Bertz CT molecular complexity index is 542. The molecule has 3 nitrogen and oxygen atoms in total. The van der Waals surface area contributed by atoms with Crippen molar-refractivity contribution in [1.29, 1.82) is 0 Å². The number of rotatable bonds is 4. The molecule has 2 fully saturated rings. The maximum atomic E-state index is 11.7. The van der Waals surface area contributed by atoms with Crippen molar-refractivity contribution in [2.24, 2.45) is 17.8 Å². The molecule has 0 radical (unpaired) electrons. The lowest BCUT2D eigenvalue weighted by Crippen LogP contribution is -2.47. The largest absolute Gasteiger partial charge is 0.496 e. The lowest BCUT2D eigenvalue weighted by molar-refractivity contribution is -0.0892. The van der Waals surface area contributed by atoms with Crippen molar-refractivity contribution in [3.63, 3.8) is 0 Å². The summed E-state index contributed by atoms with van der Waals surface area (Å²) in [5, 5.41) is 11.7. The molecule has 122 valence electrons. The van der Waals surface area contributed by atoms with Crippen LogP contribution in [-0.2, 0) is 5.60 Å². The predicted molar refractivity (Wildman–Crippen MR) is 89.1 cm³/mol. The molecule has 3 heteroatoms. The van der Waals surface area contributed by atoms with Crippen molar-refractivity contribution in [2.45, 2.75) is 38.2 Å². The van der Waals surface area contributed by atoms with Gasteiger partial charge in [0.1, 0.15) is 5.75 Å². The lowest BCUT2D eigenvalue weighted by atomic mass is 9.66. The second-order valence-electron chi connectivity index (χ2n) is 7.62. The lowest BCUT2D eigenvalue weighted by Gasteiger charge is -2.45. The second kappa shape index (κ2) is 5.86. The maximum Gasteiger partial charge on any atom is 0.122 e. The van der Waals surface area contributed by atoms with Crippen LogP contribution in [0.2, 0.25) is 0 Å². The highest BCUT2D eigenvalue weighted by atomic mass is 16.5. The molecule has 2 bridgehead atoms. The molecule has 1 aromatic carbocycles. The summed E-state index contributed by atoms with van der Waals surface area (Å²) in [5.74, 6) is 2.53. The van der Waals surface area contributed by atoms with E-state index < -0.39 is 5.60 Å². The normalized spacial score (nSPS) is 34.2. The third kappa shape index (κ3) is 2.65. The smallest absolute Gasteiger partial charge is 0.122 e. The Morgan fingerprint density at radius 2 is 2.09 bits per heavy atom. The second-order valence-corrected chi connectivity index (χ2v) is 7.62. The van der Waals surface area contributed by atoms with Crippen molar-refractivity contribution in [3.05, 3.63) is 29.3 Å². The fourth-order valence-corrected chi connectivity index (χ4v) is 4.76. The first-order chi connectivity index (χ1) is 10.4. The van der Waals surface area contributed by atoms with E-state index >= 15 is 0 Å². The van der Waals surface area contributed by atoms with E-state index in [-0.39, 0.29) is 0 Å². The molecule has 0 aliphatic heterocycles. The summed E-state index contributed by atoms with van der Waals surface area (Å²) < 4.78 is 5.49. The summed E-state index contributed by atoms with van der Waals surface area (Å²) in [5.41, 5.74) is 1.45. The van der Waals surface area contributed by atoms with Crippen LogP contribution < -0.4 is 4.74 Å². The third-order valence-corrected chi connectivity index (χ3v) is 5.83. The zero-order chi connectivity index (χ0) is 15.9. The van der Waals surface area contributed by atoms with Crippen LogP contribution in [0.15, 0.2) is 18.2 Å². The highest BCUT2D eigenvalue weighted by Gasteiger charge is 2.51. The van der Waals surface area contributed by atoms with Gasteiger partial charge in [0.2, 0.25) is 0 Å². The highest BCUT2D eigenvalue weighted by molar-refractivity contribution is 5.40. The van der Waals surface area contributed by atoms with Crippen LogP contribution in [0.1, 0.15) is 36.8 Å². The average Bonchev–Trinajstić information content (AvgIpc) is 2.87. The quantitative estimate of drug-likeness (QED) is 0.927. The van der Waals surface area contributed by atoms with E-state index in [1.807, 2.05) is 0 Å². The highest BCUT2D eigenvalue weighted by Crippen LogP contribution is 2.54. The number of hydrogen-bond donors (Lipinski definition) is 1. The summed E-state index contributed by atoms with van der Waals surface area (Å²) in [7, 11) is 5.92. The summed E-state index contributed by atoms with van der Waals surface area (Å²) in [6.45, 7) is 3.00. The maximum absolute atomic E-state index is 11.7. The van der Waals surface area contributed by atoms with E-state index in [1.54, 1.807) is 7.11 Å². The van der Waals surface area contributed by atoms with Gasteiger partial charge >= 0.3 is 0 Å². The number of ether oxygens (including phenoxy) is 1. The van der Waals surface area contributed by atoms with E-state index in [9.17, 15) is 5.11 Å². The van der Waals surface area contributed by atoms with Gasteiger partial charge in [0, 0.05) is 12.5 Å². The number of nitrogens with zero attached hydrogens (tertiary/aromatic N) is 1. The molecule has 4 atom stereocenters. The molecule has 22 heavy (non-hydrogen) atoms. The SMILES string of the molecule is COc1cc([C@@]2(O)C[C@H]3CC[C@H](C3)[C@@H]2CN(C)C)ccc1C. The fraction of sp³-hybridized carbons (Fsp3) is 0.684. The number of fused-ring (bicyclic) bond motifs is 2. The summed E-state index contributed by atoms with van der Waals surface area (Å²) >= 11 is 0. The van der Waals surface area contributed by atoms with Crippen molar-refractivity contribution < 1.29 is 9.84 Å². The first kappa shape index (κ1) is 15.8. The van der Waals surface area contributed by atoms with Crippen molar-refractivity contribution in [2.75, 3.05) is 27.7 Å². The molecule has 0 amide bonds. The third-order valence-electron chi connectivity index (χ3n) is 5.83. The molecular formula is C19H29NO2. The van der Waals surface area contributed by atoms with Gasteiger partial charge in [-0.3, -0.25) is 0 Å². The zero-order valence-corrected chi connectivity index (χ0v) is 14.3. The minimum absolute atomic E-state index is 0.314. The average molecular weight is 303 g/mol. The fourth-order valence-electron chi connectivity index (χ4n) is 4.76. The standard InChI is InChI=1S/C19H29NO2/c1-13-5-8-16(10-18(13)22-4)19(21)11-14-6-7-15(9-14)17(19)12-20(2)3/h5,8,10,14-15,17,21H,6-7,9,11-12H2,1-4H3/t14-,15+,17-,19-/m0/s1. The van der Waals surface area contributed by atoms with Gasteiger partial charge in [0.15, 0.2) is 0 Å². The number of hydrogen-bond acceptors (Lipinski definition) is 3. The van der Waals surface area contributed by atoms with Gasteiger partial charge in [-0.15, -0.1) is 0 Å². The molecule has 1 N–H and O–H groups in total. The molecule has 2 saturated carbocycles. The Kier molecular flexibility index (Phi) is 4.21. The van der Waals surface area contributed by atoms with Crippen LogP contribution in [-0.4, -0.2) is 37.8 Å². The number of benzene rings is 1. The van der Waals surface area contributed by atoms with Gasteiger partial charge in [-0.1, -0.05) is 18.6 Å². The summed E-state index contributed by atoms with van der Waals surface area (Å²) in [6.07, 6.45) is 4.74. The van der Waals surface area contributed by atoms with Gasteiger partial charge in [-0.2, -0.15) is 0 Å². The van der Waals surface area contributed by atoms with Crippen molar-refractivity contribution >= 4 is 0 Å². The Balaban J connectivity index is 2.00. The molecule has 0 aromatic heterocycles. The van der Waals surface area contributed by atoms with Crippen LogP contribution in [0.3, 0.4) is 0 Å². The van der Waals surface area contributed by atoms with Crippen molar-refractivity contribution in [3.8, 4) is 5.75 Å². The molecule has 2 aliphatic rings. The first-order valence-corrected chi connectivity index (χ1v) is 8.46. The minimum Gasteiger partial charge on any atom is -0.496 e. The summed E-state index contributed by atoms with van der Waals surface area (Å²) in [4.78, 5) is 2.22. The Hall–Kier alpha value is -1.06. The number of methoxy groups -OCH3 is 1. The van der Waals surface area contributed by atoms with Crippen LogP contribution in [0.25, 0.3) is 0 Å². The van der Waals surface area contributed by atoms with Gasteiger partial charge in [-0.05, 0) is 69.3 Å². The van der Waals surface area contributed by atoms with Gasteiger partial charge in [0.25, 0.3) is 0 Å². The van der Waals surface area contributed by atoms with E-state index in [4.69, 9.17) is 4.74 Å². The van der Waals surface area contributed by atoms with Crippen LogP contribution in [0.5, 0.6) is 5.75 Å². The van der Waals surface area contributed by atoms with Gasteiger partial charge in [0.05, 0.1) is 12.7 Å². The number of aryl methyl sites for hydroxylation is 1. The monoisotopic (exact) mass is 303 g/mol. The topological polar surface area (TPSA) is 32.7 Å². The van der Waals surface area contributed by atoms with Crippen molar-refractivity contribution in [1.82, 2.24) is 4.90 Å². The molecule has 1 aromatic rings. The molecule has 2 aliphatic carbocycles. The molecule has 0 unspecified atom stereocenters. The van der Waals surface area contributed by atoms with E-state index in [2.05, 4.69) is 44.1 Å². The Morgan fingerprint density at radius 3 is 2.77 bits per heavy atom. The van der Waals surface area contributed by atoms with E-state index in [0.717, 1.165) is 29.8 Å². The Labute approximate surface area is 134 Å². The summed E-state index contributed by atoms with van der Waals surface area (Å²) in [6, 6.07) is 6.24. The van der Waals surface area contributed by atoms with E-state index in [1.165, 1.54) is 19.3 Å². The van der Waals surface area contributed by atoms with E-state index in [0.29, 0.717) is 17.8 Å². The Morgan fingerprint density at radius 1 is 1.32 bits per heavy atom. The predicted octanol–water partition coefficient (Wildman–Crippen LogP) is 3.19. The minimum atomic E-state index is -0.713. The molecule has 0 heterocycles. The molecule has 0 saturated heterocycles. The number of aliphatic hydroxyl groups is 1.